The molecule has 6 nitrogen and oxygen atoms in total. The molecule has 0 bridgehead atoms. The lowest BCUT2D eigenvalue weighted by Gasteiger charge is -2.35. The van der Waals surface area contributed by atoms with E-state index in [2.05, 4.69) is 25.6 Å². The summed E-state index contributed by atoms with van der Waals surface area (Å²) in [6, 6.07) is -2.61. The lowest BCUT2D eigenvalue weighted by molar-refractivity contribution is -0.143. The molecule has 162 valence electrons. The van der Waals surface area contributed by atoms with Crippen molar-refractivity contribution >= 4 is 17.5 Å². The van der Waals surface area contributed by atoms with Gasteiger partial charge in [0.15, 0.2) is 5.82 Å². The Hall–Kier alpha value is -2.11. The highest BCUT2D eigenvalue weighted by Gasteiger charge is 2.46. The second-order valence-electron chi connectivity index (χ2n) is 7.29. The van der Waals surface area contributed by atoms with Crippen LogP contribution in [0.1, 0.15) is 51.3 Å². The van der Waals surface area contributed by atoms with E-state index < -0.39 is 54.9 Å². The third-order valence-electron chi connectivity index (χ3n) is 4.92. The van der Waals surface area contributed by atoms with Crippen LogP contribution < -0.4 is 10.6 Å². The molecule has 3 N–H and O–H groups in total. The van der Waals surface area contributed by atoms with Crippen LogP contribution in [-0.4, -0.2) is 50.3 Å². The van der Waals surface area contributed by atoms with E-state index in [1.54, 1.807) is 0 Å². The first kappa shape index (κ1) is 21.6. The molecule has 0 spiro atoms. The number of alkyl halides is 5. The Morgan fingerprint density at radius 3 is 2.41 bits per heavy atom. The number of nitrogens with zero attached hydrogens (tertiary/aromatic N) is 3. The summed E-state index contributed by atoms with van der Waals surface area (Å²) in [5.41, 5.74) is -0.0313. The molecule has 3 rings (SSSR count). The minimum Gasteiger partial charge on any atom is -0.386 e. The molecule has 0 saturated heterocycles. The molecule has 0 aromatic carbocycles. The number of anilines is 2. The molecule has 1 heterocycles. The molecule has 12 heteroatoms. The van der Waals surface area contributed by atoms with Gasteiger partial charge in [0.25, 0.3) is 5.92 Å². The zero-order chi connectivity index (χ0) is 21.4. The van der Waals surface area contributed by atoms with Gasteiger partial charge in [-0.1, -0.05) is 6.92 Å². The van der Waals surface area contributed by atoms with Crippen molar-refractivity contribution in [2.45, 2.75) is 75.7 Å². The van der Waals surface area contributed by atoms with Gasteiger partial charge >= 0.3 is 6.18 Å². The number of rotatable bonds is 6. The van der Waals surface area contributed by atoms with Crippen molar-refractivity contribution in [2.24, 2.45) is 0 Å². The van der Waals surface area contributed by atoms with Gasteiger partial charge in [-0.05, 0) is 25.7 Å². The molecule has 2 aliphatic rings. The molecule has 2 atom stereocenters. The van der Waals surface area contributed by atoms with Crippen molar-refractivity contribution < 1.29 is 31.4 Å². The van der Waals surface area contributed by atoms with Crippen molar-refractivity contribution in [3.05, 3.63) is 11.7 Å². The summed E-state index contributed by atoms with van der Waals surface area (Å²) >= 11 is 0. The van der Waals surface area contributed by atoms with Gasteiger partial charge in [0, 0.05) is 24.5 Å². The van der Waals surface area contributed by atoms with Gasteiger partial charge in [0.2, 0.25) is 11.9 Å². The second-order valence-corrected chi connectivity index (χ2v) is 7.29. The van der Waals surface area contributed by atoms with E-state index in [0.29, 0.717) is 6.42 Å². The predicted molar refractivity (Wildman–Crippen MR) is 93.1 cm³/mol. The molecule has 1 aromatic heterocycles. The Kier molecular flexibility index (Phi) is 5.93. The Bertz CT molecular complexity index is 776. The molecule has 0 radical (unpaired) electrons. The molecule has 0 aliphatic heterocycles. The van der Waals surface area contributed by atoms with Crippen LogP contribution in [0.2, 0.25) is 0 Å². The number of nitrogens with one attached hydrogen (secondary N) is 2. The van der Waals surface area contributed by atoms with Gasteiger partial charge in [-0.25, -0.2) is 13.2 Å². The standard InChI is InChI=1S/C17H21F6N5O/c1-2-11(17(21,22)23)25-15-27-13(9-4-3-5-10(29)12(9)18)26-14(28-15)24-8-6-16(19,20)7-8/h8,10-11,29H,2-7H2,1H3,(H2,24,25,26,27,28)/t10?,11-/m1/s1. The van der Waals surface area contributed by atoms with E-state index >= 15 is 0 Å². The van der Waals surface area contributed by atoms with Crippen LogP contribution in [0.15, 0.2) is 5.83 Å². The number of hydrogen-bond donors (Lipinski definition) is 3. The molecule has 1 aromatic rings. The van der Waals surface area contributed by atoms with E-state index in [9.17, 15) is 31.4 Å². The largest absolute Gasteiger partial charge is 0.408 e. The Labute approximate surface area is 162 Å². The lowest BCUT2D eigenvalue weighted by Crippen LogP contribution is -2.44. The highest BCUT2D eigenvalue weighted by molar-refractivity contribution is 5.65. The molecule has 0 amide bonds. The molecule has 1 unspecified atom stereocenters. The van der Waals surface area contributed by atoms with Gasteiger partial charge in [-0.3, -0.25) is 0 Å². The van der Waals surface area contributed by atoms with E-state index in [-0.39, 0.29) is 36.6 Å². The number of hydrogen-bond acceptors (Lipinski definition) is 6. The fourth-order valence-electron chi connectivity index (χ4n) is 3.30. The summed E-state index contributed by atoms with van der Waals surface area (Å²) < 4.78 is 79.8. The first-order valence-electron chi connectivity index (χ1n) is 9.29. The van der Waals surface area contributed by atoms with Crippen LogP contribution in [0.4, 0.5) is 38.2 Å². The maximum absolute atomic E-state index is 14.4. The molecular formula is C17H21F6N5O. The zero-order valence-electron chi connectivity index (χ0n) is 15.5. The van der Waals surface area contributed by atoms with Crippen LogP contribution >= 0.6 is 0 Å². The van der Waals surface area contributed by atoms with Gasteiger partial charge < -0.3 is 15.7 Å². The molecule has 1 saturated carbocycles. The quantitative estimate of drug-likeness (QED) is 0.597. The smallest absolute Gasteiger partial charge is 0.386 e. The van der Waals surface area contributed by atoms with Gasteiger partial charge in [-0.2, -0.15) is 28.1 Å². The third-order valence-corrected chi connectivity index (χ3v) is 4.92. The van der Waals surface area contributed by atoms with Crippen LogP contribution in [0.25, 0.3) is 5.57 Å². The number of aliphatic hydroxyl groups excluding tert-OH is 1. The highest BCUT2D eigenvalue weighted by Crippen LogP contribution is 2.39. The summed E-state index contributed by atoms with van der Waals surface area (Å²) in [6.45, 7) is 1.32. The van der Waals surface area contributed by atoms with Crippen LogP contribution in [-0.2, 0) is 0 Å². The molecule has 29 heavy (non-hydrogen) atoms. The minimum absolute atomic E-state index is 0.0313. The maximum Gasteiger partial charge on any atom is 0.408 e. The summed E-state index contributed by atoms with van der Waals surface area (Å²) in [5.74, 6) is -4.58. The first-order valence-corrected chi connectivity index (χ1v) is 9.29. The molecular weight excluding hydrogens is 404 g/mol. The van der Waals surface area contributed by atoms with Gasteiger partial charge in [0.1, 0.15) is 18.0 Å². The topological polar surface area (TPSA) is 83.0 Å². The van der Waals surface area contributed by atoms with E-state index in [1.807, 2.05) is 0 Å². The summed E-state index contributed by atoms with van der Waals surface area (Å²) in [6.07, 6.45) is -6.32. The fraction of sp³-hybridized carbons (Fsp3) is 0.706. The Balaban J connectivity index is 1.92. The summed E-state index contributed by atoms with van der Waals surface area (Å²) in [4.78, 5) is 11.7. The van der Waals surface area contributed by atoms with Gasteiger partial charge in [-0.15, -0.1) is 0 Å². The fourth-order valence-corrected chi connectivity index (χ4v) is 3.30. The zero-order valence-corrected chi connectivity index (χ0v) is 15.5. The Morgan fingerprint density at radius 2 is 1.83 bits per heavy atom. The number of allylic oxidation sites excluding steroid dienone is 1. The van der Waals surface area contributed by atoms with Crippen LogP contribution in [0.3, 0.4) is 0 Å². The maximum atomic E-state index is 14.4. The Morgan fingerprint density at radius 1 is 1.17 bits per heavy atom. The average molecular weight is 425 g/mol. The predicted octanol–water partition coefficient (Wildman–Crippen LogP) is 4.06. The number of aliphatic hydroxyl groups is 1. The number of aromatic nitrogens is 3. The van der Waals surface area contributed by atoms with Crippen molar-refractivity contribution in [2.75, 3.05) is 10.6 Å². The van der Waals surface area contributed by atoms with E-state index in [4.69, 9.17) is 0 Å². The van der Waals surface area contributed by atoms with Crippen molar-refractivity contribution in [1.29, 1.82) is 0 Å². The minimum atomic E-state index is -4.57. The van der Waals surface area contributed by atoms with E-state index in [0.717, 1.165) is 0 Å². The average Bonchev–Trinajstić information content (AvgIpc) is 2.59. The number of halogens is 6. The summed E-state index contributed by atoms with van der Waals surface area (Å²) in [5, 5.41) is 14.5. The third kappa shape index (κ3) is 5.09. The van der Waals surface area contributed by atoms with Crippen LogP contribution in [0.5, 0.6) is 0 Å². The normalized spacial score (nSPS) is 23.5. The molecule has 2 aliphatic carbocycles. The van der Waals surface area contributed by atoms with Crippen molar-refractivity contribution in [1.82, 2.24) is 15.0 Å². The van der Waals surface area contributed by atoms with Crippen LogP contribution in [0, 0.1) is 0 Å². The second kappa shape index (κ2) is 7.96. The highest BCUT2D eigenvalue weighted by atomic mass is 19.4. The van der Waals surface area contributed by atoms with Crippen molar-refractivity contribution in [3.8, 4) is 0 Å². The molecule has 1 fully saturated rings. The lowest BCUT2D eigenvalue weighted by atomic mass is 9.88. The van der Waals surface area contributed by atoms with E-state index in [1.165, 1.54) is 6.92 Å². The summed E-state index contributed by atoms with van der Waals surface area (Å²) in [7, 11) is 0. The monoisotopic (exact) mass is 425 g/mol. The first-order chi connectivity index (χ1) is 13.5. The SMILES string of the molecule is CC[C@@H](Nc1nc(NC2CC(F)(F)C2)nc(C2=C(F)C(O)CCC2)n1)C(F)(F)F. The van der Waals surface area contributed by atoms with Crippen molar-refractivity contribution in [3.63, 3.8) is 0 Å². The van der Waals surface area contributed by atoms with Gasteiger partial charge in [0.05, 0.1) is 0 Å².